The average molecular weight is 267 g/mol. The molecule has 3 heteroatoms. The number of benzene rings is 2. The van der Waals surface area contributed by atoms with Crippen LogP contribution in [0, 0.1) is 0 Å². The van der Waals surface area contributed by atoms with Crippen molar-refractivity contribution in [2.24, 2.45) is 4.99 Å². The molecular weight excluding hydrogens is 250 g/mol. The molecule has 0 bridgehead atoms. The minimum absolute atomic E-state index is 0.338. The largest absolute Gasteiger partial charge is 0.465 e. The van der Waals surface area contributed by atoms with Crippen molar-refractivity contribution in [1.82, 2.24) is 0 Å². The molecule has 0 saturated heterocycles. The number of nitrogens with zero attached hydrogens (tertiary/aromatic N) is 1. The molecule has 102 valence electrons. The fourth-order valence-corrected chi connectivity index (χ4v) is 1.91. The summed E-state index contributed by atoms with van der Waals surface area (Å²) >= 11 is 0. The predicted octanol–water partition coefficient (Wildman–Crippen LogP) is 3.13. The maximum absolute atomic E-state index is 11.6. The van der Waals surface area contributed by atoms with Crippen LogP contribution in [0.25, 0.3) is 0 Å². The van der Waals surface area contributed by atoms with Crippen LogP contribution in [0.2, 0.25) is 0 Å². The highest BCUT2D eigenvalue weighted by Crippen LogP contribution is 2.08. The van der Waals surface area contributed by atoms with Gasteiger partial charge in [0, 0.05) is 18.3 Å². The van der Waals surface area contributed by atoms with Crippen LogP contribution < -0.4 is 0 Å². The molecule has 0 unspecified atom stereocenters. The van der Waals surface area contributed by atoms with Gasteiger partial charge in [-0.05, 0) is 18.1 Å². The fourth-order valence-electron chi connectivity index (χ4n) is 1.91. The molecule has 0 aromatic heterocycles. The van der Waals surface area contributed by atoms with Crippen molar-refractivity contribution in [1.29, 1.82) is 0 Å². The number of hydrogen-bond donors (Lipinski definition) is 0. The Balaban J connectivity index is 1.99. The minimum Gasteiger partial charge on any atom is -0.465 e. The van der Waals surface area contributed by atoms with Crippen molar-refractivity contribution in [3.05, 3.63) is 71.3 Å². The zero-order valence-electron chi connectivity index (χ0n) is 11.5. The molecule has 0 atom stereocenters. The van der Waals surface area contributed by atoms with Crippen LogP contribution in [0.3, 0.4) is 0 Å². The molecule has 20 heavy (non-hydrogen) atoms. The van der Waals surface area contributed by atoms with E-state index in [1.54, 1.807) is 12.3 Å². The second kappa shape index (κ2) is 7.24. The summed E-state index contributed by atoms with van der Waals surface area (Å²) in [4.78, 5) is 16.0. The Morgan fingerprint density at radius 3 is 2.55 bits per heavy atom. The lowest BCUT2D eigenvalue weighted by Gasteiger charge is -2.03. The van der Waals surface area contributed by atoms with Crippen molar-refractivity contribution in [2.75, 3.05) is 13.7 Å². The van der Waals surface area contributed by atoms with Gasteiger partial charge in [-0.3, -0.25) is 4.99 Å². The number of aliphatic imine (C=N–C) groups is 1. The van der Waals surface area contributed by atoms with Gasteiger partial charge in [-0.1, -0.05) is 48.5 Å². The third-order valence-electron chi connectivity index (χ3n) is 2.97. The van der Waals surface area contributed by atoms with E-state index in [1.165, 1.54) is 12.7 Å². The first-order valence-electron chi connectivity index (χ1n) is 6.52. The normalized spacial score (nSPS) is 10.7. The van der Waals surface area contributed by atoms with Gasteiger partial charge in [-0.25, -0.2) is 4.79 Å². The third-order valence-corrected chi connectivity index (χ3v) is 2.97. The third kappa shape index (κ3) is 3.79. The van der Waals surface area contributed by atoms with E-state index >= 15 is 0 Å². The number of rotatable bonds is 5. The van der Waals surface area contributed by atoms with E-state index in [0.717, 1.165) is 12.0 Å². The molecule has 2 rings (SSSR count). The predicted molar refractivity (Wildman–Crippen MR) is 80.4 cm³/mol. The van der Waals surface area contributed by atoms with Crippen LogP contribution >= 0.6 is 0 Å². The zero-order valence-corrected chi connectivity index (χ0v) is 11.5. The average Bonchev–Trinajstić information content (AvgIpc) is 2.52. The highest BCUT2D eigenvalue weighted by Gasteiger charge is 2.08. The second-order valence-corrected chi connectivity index (χ2v) is 4.35. The summed E-state index contributed by atoms with van der Waals surface area (Å²) in [5, 5.41) is 0. The van der Waals surface area contributed by atoms with Gasteiger partial charge >= 0.3 is 5.97 Å². The summed E-state index contributed by atoms with van der Waals surface area (Å²) in [6, 6.07) is 17.5. The Morgan fingerprint density at radius 2 is 1.80 bits per heavy atom. The van der Waals surface area contributed by atoms with Gasteiger partial charge in [-0.15, -0.1) is 0 Å². The molecule has 0 aliphatic heterocycles. The van der Waals surface area contributed by atoms with Crippen LogP contribution in [-0.4, -0.2) is 25.8 Å². The quantitative estimate of drug-likeness (QED) is 0.616. The molecule has 0 heterocycles. The number of methoxy groups -OCH3 is 1. The summed E-state index contributed by atoms with van der Waals surface area (Å²) in [6.07, 6.45) is 2.62. The van der Waals surface area contributed by atoms with Gasteiger partial charge in [0.15, 0.2) is 0 Å². The summed E-state index contributed by atoms with van der Waals surface area (Å²) in [6.45, 7) is 0.694. The van der Waals surface area contributed by atoms with E-state index in [0.29, 0.717) is 12.1 Å². The van der Waals surface area contributed by atoms with Crippen molar-refractivity contribution >= 4 is 12.2 Å². The van der Waals surface area contributed by atoms with Gasteiger partial charge in [0.2, 0.25) is 0 Å². The SMILES string of the molecule is COC(=O)c1ccccc1C=NCCc1ccccc1. The monoisotopic (exact) mass is 267 g/mol. The molecule has 0 N–H and O–H groups in total. The Kier molecular flexibility index (Phi) is 5.07. The lowest BCUT2D eigenvalue weighted by molar-refractivity contribution is 0.0600. The number of esters is 1. The summed E-state index contributed by atoms with van der Waals surface area (Å²) in [5.41, 5.74) is 2.58. The van der Waals surface area contributed by atoms with Gasteiger partial charge in [0.25, 0.3) is 0 Å². The first-order chi connectivity index (χ1) is 9.81. The molecule has 0 aliphatic carbocycles. The standard InChI is InChI=1S/C17H17NO2/c1-20-17(19)16-10-6-5-9-15(16)13-18-12-11-14-7-3-2-4-8-14/h2-10,13H,11-12H2,1H3. The van der Waals surface area contributed by atoms with E-state index in [2.05, 4.69) is 17.1 Å². The van der Waals surface area contributed by atoms with Crippen molar-refractivity contribution in [2.45, 2.75) is 6.42 Å². The number of carbonyl (C=O) groups excluding carboxylic acids is 1. The van der Waals surface area contributed by atoms with Crippen molar-refractivity contribution in [3.8, 4) is 0 Å². The van der Waals surface area contributed by atoms with Gasteiger partial charge in [0.05, 0.1) is 12.7 Å². The number of hydrogen-bond acceptors (Lipinski definition) is 3. The number of carbonyl (C=O) groups is 1. The molecule has 0 saturated carbocycles. The Hall–Kier alpha value is -2.42. The molecule has 2 aromatic rings. The van der Waals surface area contributed by atoms with Crippen LogP contribution in [0.1, 0.15) is 21.5 Å². The topological polar surface area (TPSA) is 38.7 Å². The van der Waals surface area contributed by atoms with E-state index in [4.69, 9.17) is 4.74 Å². The maximum Gasteiger partial charge on any atom is 0.338 e. The van der Waals surface area contributed by atoms with Crippen LogP contribution in [-0.2, 0) is 11.2 Å². The van der Waals surface area contributed by atoms with E-state index in [9.17, 15) is 4.79 Å². The molecular formula is C17H17NO2. The molecule has 0 aliphatic rings. The van der Waals surface area contributed by atoms with E-state index in [1.807, 2.05) is 36.4 Å². The first kappa shape index (κ1) is 14.0. The van der Waals surface area contributed by atoms with Crippen molar-refractivity contribution in [3.63, 3.8) is 0 Å². The van der Waals surface area contributed by atoms with Crippen molar-refractivity contribution < 1.29 is 9.53 Å². The summed E-state index contributed by atoms with van der Waals surface area (Å²) in [7, 11) is 1.38. The van der Waals surface area contributed by atoms with Crippen LogP contribution in [0.15, 0.2) is 59.6 Å². The van der Waals surface area contributed by atoms with Gasteiger partial charge in [-0.2, -0.15) is 0 Å². The fraction of sp³-hybridized carbons (Fsp3) is 0.176. The summed E-state index contributed by atoms with van der Waals surface area (Å²) < 4.78 is 4.75. The molecule has 0 fully saturated rings. The van der Waals surface area contributed by atoms with Gasteiger partial charge < -0.3 is 4.74 Å². The highest BCUT2D eigenvalue weighted by molar-refractivity contribution is 5.99. The molecule has 3 nitrogen and oxygen atoms in total. The highest BCUT2D eigenvalue weighted by atomic mass is 16.5. The Bertz CT molecular complexity index is 591. The Labute approximate surface area is 118 Å². The van der Waals surface area contributed by atoms with E-state index < -0.39 is 0 Å². The maximum atomic E-state index is 11.6. The number of ether oxygens (including phenoxy) is 1. The molecule has 0 amide bonds. The molecule has 0 radical (unpaired) electrons. The Morgan fingerprint density at radius 1 is 1.10 bits per heavy atom. The molecule has 0 spiro atoms. The lowest BCUT2D eigenvalue weighted by atomic mass is 10.1. The van der Waals surface area contributed by atoms with Crippen LogP contribution in [0.4, 0.5) is 0 Å². The first-order valence-corrected chi connectivity index (χ1v) is 6.52. The minimum atomic E-state index is -0.338. The van der Waals surface area contributed by atoms with Gasteiger partial charge in [0.1, 0.15) is 0 Å². The van der Waals surface area contributed by atoms with Crippen LogP contribution in [0.5, 0.6) is 0 Å². The smallest absolute Gasteiger partial charge is 0.338 e. The summed E-state index contributed by atoms with van der Waals surface area (Å²) in [5.74, 6) is -0.338. The lowest BCUT2D eigenvalue weighted by Crippen LogP contribution is -2.05. The molecule has 2 aromatic carbocycles. The zero-order chi connectivity index (χ0) is 14.2. The van der Waals surface area contributed by atoms with E-state index in [-0.39, 0.29) is 5.97 Å². The second-order valence-electron chi connectivity index (χ2n) is 4.35.